The highest BCUT2D eigenvalue weighted by Crippen LogP contribution is 2.25. The number of rotatable bonds is 2. The van der Waals surface area contributed by atoms with Gasteiger partial charge in [-0.05, 0) is 19.8 Å². The molecule has 2 unspecified atom stereocenters. The molecular formula is C7H11NO2. The van der Waals surface area contributed by atoms with Crippen LogP contribution in [0.4, 0.5) is 0 Å². The Balaban J connectivity index is 2.54. The van der Waals surface area contributed by atoms with Crippen LogP contribution in [0.25, 0.3) is 0 Å². The monoisotopic (exact) mass is 141 g/mol. The number of ketones is 1. The van der Waals surface area contributed by atoms with E-state index in [0.717, 1.165) is 12.8 Å². The van der Waals surface area contributed by atoms with Crippen molar-refractivity contribution >= 4 is 5.78 Å². The molecule has 1 saturated carbocycles. The van der Waals surface area contributed by atoms with Crippen LogP contribution in [0, 0.1) is 10.8 Å². The predicted molar refractivity (Wildman–Crippen MR) is 37.6 cm³/mol. The molecule has 56 valence electrons. The van der Waals surface area contributed by atoms with Gasteiger partial charge in [0.15, 0.2) is 0 Å². The van der Waals surface area contributed by atoms with Crippen molar-refractivity contribution in [2.24, 2.45) is 11.1 Å². The van der Waals surface area contributed by atoms with Crippen molar-refractivity contribution in [3.8, 4) is 0 Å². The van der Waals surface area contributed by atoms with Crippen LogP contribution in [0.1, 0.15) is 26.2 Å². The molecule has 0 spiro atoms. The summed E-state index contributed by atoms with van der Waals surface area (Å²) in [6.45, 7) is 1.71. The molecule has 0 heterocycles. The molecule has 0 aromatic carbocycles. The molecule has 0 aromatic rings. The third-order valence-corrected chi connectivity index (χ3v) is 2.10. The van der Waals surface area contributed by atoms with E-state index in [2.05, 4.69) is 5.18 Å². The number of hydrogen-bond donors (Lipinski definition) is 0. The molecule has 10 heavy (non-hydrogen) atoms. The van der Waals surface area contributed by atoms with Crippen molar-refractivity contribution < 1.29 is 4.79 Å². The van der Waals surface area contributed by atoms with Gasteiger partial charge in [-0.1, -0.05) is 5.18 Å². The molecule has 0 aliphatic heterocycles. The van der Waals surface area contributed by atoms with Gasteiger partial charge in [-0.25, -0.2) is 0 Å². The third kappa shape index (κ3) is 1.23. The lowest BCUT2D eigenvalue weighted by molar-refractivity contribution is -0.121. The third-order valence-electron chi connectivity index (χ3n) is 2.10. The number of Topliss-reactive ketones (excluding diaryl/α,β-unsaturated/α-hetero) is 1. The minimum Gasteiger partial charge on any atom is -0.299 e. The zero-order valence-corrected chi connectivity index (χ0v) is 6.04. The first kappa shape index (κ1) is 7.38. The van der Waals surface area contributed by atoms with Crippen molar-refractivity contribution in [3.63, 3.8) is 0 Å². The van der Waals surface area contributed by atoms with E-state index >= 15 is 0 Å². The normalized spacial score (nSPS) is 28.5. The molecule has 1 aliphatic carbocycles. The van der Waals surface area contributed by atoms with Crippen LogP contribution < -0.4 is 0 Å². The molecule has 0 N–H and O–H groups in total. The summed E-state index contributed by atoms with van der Waals surface area (Å²) in [6.07, 6.45) is 2.43. The highest BCUT2D eigenvalue weighted by atomic mass is 16.3. The molecule has 0 aromatic heterocycles. The van der Waals surface area contributed by atoms with Crippen molar-refractivity contribution in [3.05, 3.63) is 4.91 Å². The quantitative estimate of drug-likeness (QED) is 0.547. The van der Waals surface area contributed by atoms with Gasteiger partial charge in [0, 0.05) is 12.3 Å². The summed E-state index contributed by atoms with van der Waals surface area (Å²) in [4.78, 5) is 21.0. The Hall–Kier alpha value is -0.730. The van der Waals surface area contributed by atoms with E-state index in [0.29, 0.717) is 6.42 Å². The Morgan fingerprint density at radius 3 is 2.80 bits per heavy atom. The Labute approximate surface area is 59.8 Å². The lowest BCUT2D eigenvalue weighted by atomic mass is 10.00. The van der Waals surface area contributed by atoms with Gasteiger partial charge in [-0.2, -0.15) is 4.91 Å². The Morgan fingerprint density at radius 2 is 2.40 bits per heavy atom. The second kappa shape index (κ2) is 2.90. The number of carbonyl (C=O) groups excluding carboxylic acids is 1. The van der Waals surface area contributed by atoms with Crippen LogP contribution in [-0.4, -0.2) is 11.8 Å². The maximum atomic E-state index is 11.0. The van der Waals surface area contributed by atoms with Crippen molar-refractivity contribution in [1.82, 2.24) is 0 Å². The number of hydrogen-bond acceptors (Lipinski definition) is 3. The van der Waals surface area contributed by atoms with Crippen LogP contribution in [0.5, 0.6) is 0 Å². The molecule has 1 aliphatic rings. The molecule has 0 radical (unpaired) electrons. The predicted octanol–water partition coefficient (Wildman–Crippen LogP) is 1.51. The lowest BCUT2D eigenvalue weighted by Gasteiger charge is -2.07. The highest BCUT2D eigenvalue weighted by molar-refractivity contribution is 5.83. The smallest absolute Gasteiger partial charge is 0.138 e. The van der Waals surface area contributed by atoms with E-state index < -0.39 is 0 Å². The van der Waals surface area contributed by atoms with Crippen LogP contribution in [-0.2, 0) is 4.79 Å². The van der Waals surface area contributed by atoms with E-state index in [1.807, 2.05) is 0 Å². The van der Waals surface area contributed by atoms with E-state index in [9.17, 15) is 9.70 Å². The average Bonchev–Trinajstić information content (AvgIpc) is 2.34. The fourth-order valence-corrected chi connectivity index (χ4v) is 1.43. The highest BCUT2D eigenvalue weighted by Gasteiger charge is 2.29. The van der Waals surface area contributed by atoms with E-state index in [4.69, 9.17) is 0 Å². The first-order valence-corrected chi connectivity index (χ1v) is 3.61. The van der Waals surface area contributed by atoms with Crippen molar-refractivity contribution in [2.45, 2.75) is 32.2 Å². The second-order valence-corrected chi connectivity index (χ2v) is 2.81. The summed E-state index contributed by atoms with van der Waals surface area (Å²) in [7, 11) is 0. The van der Waals surface area contributed by atoms with Crippen LogP contribution in [0.3, 0.4) is 0 Å². The van der Waals surface area contributed by atoms with Crippen molar-refractivity contribution in [1.29, 1.82) is 0 Å². The summed E-state index contributed by atoms with van der Waals surface area (Å²) in [6, 6.07) is -0.310. The standard InChI is InChI=1S/C7H11NO2/c1-5(8-10)6-3-2-4-7(6)9/h5-6H,2-4H2,1H3. The largest absolute Gasteiger partial charge is 0.299 e. The topological polar surface area (TPSA) is 46.5 Å². The average molecular weight is 141 g/mol. The molecule has 1 rings (SSSR count). The number of nitroso groups, excluding NO2 is 1. The van der Waals surface area contributed by atoms with Crippen LogP contribution in [0.15, 0.2) is 5.18 Å². The van der Waals surface area contributed by atoms with Gasteiger partial charge in [-0.15, -0.1) is 0 Å². The van der Waals surface area contributed by atoms with Gasteiger partial charge >= 0.3 is 0 Å². The fourth-order valence-electron chi connectivity index (χ4n) is 1.43. The molecule has 3 nitrogen and oxygen atoms in total. The first-order chi connectivity index (χ1) is 4.75. The minimum atomic E-state index is -0.310. The van der Waals surface area contributed by atoms with Crippen molar-refractivity contribution in [2.75, 3.05) is 0 Å². The minimum absolute atomic E-state index is 0.0718. The zero-order valence-electron chi connectivity index (χ0n) is 6.04. The summed E-state index contributed by atoms with van der Waals surface area (Å²) >= 11 is 0. The fraction of sp³-hybridized carbons (Fsp3) is 0.857. The molecule has 0 bridgehead atoms. The van der Waals surface area contributed by atoms with Gasteiger partial charge in [0.05, 0.1) is 6.04 Å². The van der Waals surface area contributed by atoms with E-state index in [-0.39, 0.29) is 17.7 Å². The SMILES string of the molecule is CC(N=O)C1CCCC1=O. The second-order valence-electron chi connectivity index (χ2n) is 2.81. The molecule has 2 atom stereocenters. The van der Waals surface area contributed by atoms with Gasteiger partial charge < -0.3 is 0 Å². The van der Waals surface area contributed by atoms with Gasteiger partial charge in [-0.3, -0.25) is 4.79 Å². The summed E-state index contributed by atoms with van der Waals surface area (Å²) in [5, 5.41) is 2.85. The Bertz CT molecular complexity index is 156. The Morgan fingerprint density at radius 1 is 1.70 bits per heavy atom. The molecule has 0 amide bonds. The maximum Gasteiger partial charge on any atom is 0.138 e. The molecule has 3 heteroatoms. The van der Waals surface area contributed by atoms with E-state index in [1.165, 1.54) is 0 Å². The molecule has 1 fully saturated rings. The van der Waals surface area contributed by atoms with Crippen LogP contribution in [0.2, 0.25) is 0 Å². The molecular weight excluding hydrogens is 130 g/mol. The van der Waals surface area contributed by atoms with Crippen LogP contribution >= 0.6 is 0 Å². The first-order valence-electron chi connectivity index (χ1n) is 3.61. The summed E-state index contributed by atoms with van der Waals surface area (Å²) < 4.78 is 0. The maximum absolute atomic E-state index is 11.0. The Kier molecular flexibility index (Phi) is 2.14. The molecule has 0 saturated heterocycles. The lowest BCUT2D eigenvalue weighted by Crippen LogP contribution is -2.18. The van der Waals surface area contributed by atoms with Gasteiger partial charge in [0.1, 0.15) is 5.78 Å². The summed E-state index contributed by atoms with van der Waals surface area (Å²) in [5.74, 6) is 0.143. The van der Waals surface area contributed by atoms with Gasteiger partial charge in [0.25, 0.3) is 0 Å². The van der Waals surface area contributed by atoms with E-state index in [1.54, 1.807) is 6.92 Å². The number of carbonyl (C=O) groups is 1. The zero-order chi connectivity index (χ0) is 7.56. The summed E-state index contributed by atoms with van der Waals surface area (Å²) in [5.41, 5.74) is 0. The van der Waals surface area contributed by atoms with Gasteiger partial charge in [0.2, 0.25) is 0 Å². The number of nitrogens with zero attached hydrogens (tertiary/aromatic N) is 1.